The van der Waals surface area contributed by atoms with Gasteiger partial charge in [0.05, 0.1) is 17.8 Å². The smallest absolute Gasteiger partial charge is 0.211 e. The molecule has 0 aromatic heterocycles. The van der Waals surface area contributed by atoms with Crippen molar-refractivity contribution in [3.8, 4) is 11.5 Å². The lowest BCUT2D eigenvalue weighted by Gasteiger charge is -2.12. The van der Waals surface area contributed by atoms with E-state index < -0.39 is 0 Å². The van der Waals surface area contributed by atoms with E-state index in [1.54, 1.807) is 31.5 Å². The molecule has 0 aliphatic heterocycles. The van der Waals surface area contributed by atoms with E-state index in [1.807, 2.05) is 18.2 Å². The number of nitrogens with two attached hydrogens (primary N) is 2. The van der Waals surface area contributed by atoms with Gasteiger partial charge in [-0.2, -0.15) is 5.10 Å². The van der Waals surface area contributed by atoms with Crippen molar-refractivity contribution in [3.63, 3.8) is 0 Å². The third-order valence-electron chi connectivity index (χ3n) is 2.96. The summed E-state index contributed by atoms with van der Waals surface area (Å²) in [5.41, 5.74) is 12.1. The van der Waals surface area contributed by atoms with E-state index >= 15 is 0 Å². The van der Waals surface area contributed by atoms with Gasteiger partial charge in [-0.25, -0.2) is 0 Å². The second kappa shape index (κ2) is 8.56. The third kappa shape index (κ3) is 5.14. The fraction of sp³-hybridized carbons (Fsp3) is 0.125. The van der Waals surface area contributed by atoms with Crippen molar-refractivity contribution in [2.24, 2.45) is 21.7 Å². The van der Waals surface area contributed by atoms with Crippen molar-refractivity contribution >= 4 is 39.7 Å². The number of nitrogens with zero attached hydrogens (tertiary/aromatic N) is 2. The number of rotatable bonds is 6. The zero-order valence-electron chi connectivity index (χ0n) is 12.9. The van der Waals surface area contributed by atoms with E-state index in [0.717, 1.165) is 15.6 Å². The second-order valence-electron chi connectivity index (χ2n) is 4.70. The first-order valence-electron chi connectivity index (χ1n) is 6.86. The maximum atomic E-state index is 5.92. The van der Waals surface area contributed by atoms with Crippen LogP contribution in [-0.4, -0.2) is 19.3 Å². The number of hydrogen-bond donors (Lipinski definition) is 2. The number of hydrogen-bond acceptors (Lipinski definition) is 4. The van der Waals surface area contributed by atoms with Gasteiger partial charge in [-0.3, -0.25) is 0 Å². The maximum Gasteiger partial charge on any atom is 0.211 e. The second-order valence-corrected chi connectivity index (χ2v) is 5.99. The minimum atomic E-state index is -0.101. The molecule has 0 unspecified atom stereocenters. The Balaban J connectivity index is 2.18. The van der Waals surface area contributed by atoms with E-state index in [9.17, 15) is 0 Å². The molecular weight excluding hydrogens is 396 g/mol. The van der Waals surface area contributed by atoms with Gasteiger partial charge >= 0.3 is 0 Å². The van der Waals surface area contributed by atoms with Crippen LogP contribution in [0.5, 0.6) is 11.5 Å². The molecule has 0 fully saturated rings. The van der Waals surface area contributed by atoms with E-state index in [-0.39, 0.29) is 5.96 Å². The van der Waals surface area contributed by atoms with Crippen LogP contribution in [0.3, 0.4) is 0 Å². The molecule has 0 bridgehead atoms. The average molecular weight is 412 g/mol. The van der Waals surface area contributed by atoms with E-state index in [0.29, 0.717) is 23.1 Å². The van der Waals surface area contributed by atoms with Gasteiger partial charge in [0.2, 0.25) is 5.96 Å². The van der Waals surface area contributed by atoms with Gasteiger partial charge in [-0.1, -0.05) is 11.6 Å². The van der Waals surface area contributed by atoms with Crippen molar-refractivity contribution < 1.29 is 9.47 Å². The molecule has 0 radical (unpaired) electrons. The molecule has 24 heavy (non-hydrogen) atoms. The van der Waals surface area contributed by atoms with Crippen molar-refractivity contribution in [3.05, 3.63) is 57.0 Å². The first-order valence-corrected chi connectivity index (χ1v) is 8.03. The van der Waals surface area contributed by atoms with Crippen LogP contribution in [0.25, 0.3) is 0 Å². The van der Waals surface area contributed by atoms with E-state index in [1.165, 1.54) is 0 Å². The van der Waals surface area contributed by atoms with Crippen molar-refractivity contribution in [2.75, 3.05) is 7.11 Å². The zero-order valence-corrected chi connectivity index (χ0v) is 15.2. The highest BCUT2D eigenvalue weighted by Gasteiger charge is 2.07. The van der Waals surface area contributed by atoms with E-state index in [2.05, 4.69) is 26.1 Å². The Kier molecular flexibility index (Phi) is 6.45. The lowest BCUT2D eigenvalue weighted by Crippen LogP contribution is -2.21. The number of halogens is 2. The van der Waals surface area contributed by atoms with Crippen molar-refractivity contribution in [1.29, 1.82) is 0 Å². The number of guanidine groups is 1. The van der Waals surface area contributed by atoms with Crippen molar-refractivity contribution in [2.45, 2.75) is 6.61 Å². The summed E-state index contributed by atoms with van der Waals surface area (Å²) < 4.78 is 12.0. The molecule has 6 nitrogen and oxygen atoms in total. The molecule has 0 saturated carbocycles. The molecule has 2 aromatic carbocycles. The Morgan fingerprint density at radius 3 is 2.62 bits per heavy atom. The van der Waals surface area contributed by atoms with Gasteiger partial charge in [0, 0.05) is 10.6 Å². The maximum absolute atomic E-state index is 5.92. The van der Waals surface area contributed by atoms with Gasteiger partial charge in [-0.15, -0.1) is 5.10 Å². The molecule has 0 aliphatic rings. The van der Waals surface area contributed by atoms with Gasteiger partial charge in [0.1, 0.15) is 18.1 Å². The van der Waals surface area contributed by atoms with Crippen LogP contribution >= 0.6 is 27.5 Å². The van der Waals surface area contributed by atoms with Crippen LogP contribution in [0.4, 0.5) is 0 Å². The first-order chi connectivity index (χ1) is 11.5. The molecule has 0 heterocycles. The summed E-state index contributed by atoms with van der Waals surface area (Å²) in [5, 5.41) is 7.98. The largest absolute Gasteiger partial charge is 0.496 e. The lowest BCUT2D eigenvalue weighted by molar-refractivity contribution is 0.295. The molecular formula is C16H16BrClN4O2. The summed E-state index contributed by atoms with van der Waals surface area (Å²) >= 11 is 9.34. The van der Waals surface area contributed by atoms with Crippen molar-refractivity contribution in [1.82, 2.24) is 0 Å². The van der Waals surface area contributed by atoms with Gasteiger partial charge in [0.15, 0.2) is 0 Å². The van der Waals surface area contributed by atoms with Crippen LogP contribution in [0.1, 0.15) is 11.1 Å². The zero-order chi connectivity index (χ0) is 17.5. The highest BCUT2D eigenvalue weighted by molar-refractivity contribution is 9.10. The molecule has 2 rings (SSSR count). The molecule has 0 amide bonds. The number of benzene rings is 2. The van der Waals surface area contributed by atoms with Crippen LogP contribution in [0, 0.1) is 0 Å². The molecule has 126 valence electrons. The number of methoxy groups -OCH3 is 1. The molecule has 0 saturated heterocycles. The standard InChI is InChI=1S/C16H16BrClN4O2/c1-23-14-4-2-10(8-21-22-16(19)20)6-11(14)9-24-15-5-3-12(18)7-13(15)17/h2-8H,9H2,1H3,(H4,19,20,22). The minimum Gasteiger partial charge on any atom is -0.496 e. The Morgan fingerprint density at radius 2 is 1.96 bits per heavy atom. The molecule has 8 heteroatoms. The average Bonchev–Trinajstić information content (AvgIpc) is 2.54. The third-order valence-corrected chi connectivity index (χ3v) is 3.82. The molecule has 0 atom stereocenters. The molecule has 0 aliphatic carbocycles. The normalized spacial score (nSPS) is 10.6. The summed E-state index contributed by atoms with van der Waals surface area (Å²) in [7, 11) is 1.60. The fourth-order valence-electron chi connectivity index (χ4n) is 1.90. The van der Waals surface area contributed by atoms with Crippen LogP contribution in [0.2, 0.25) is 5.02 Å². The quantitative estimate of drug-likeness (QED) is 0.433. The molecule has 2 aromatic rings. The summed E-state index contributed by atoms with van der Waals surface area (Å²) in [6.07, 6.45) is 1.54. The van der Waals surface area contributed by atoms with Crippen LogP contribution in [0.15, 0.2) is 51.1 Å². The first kappa shape index (κ1) is 18.1. The highest BCUT2D eigenvalue weighted by Crippen LogP contribution is 2.29. The Bertz CT molecular complexity index is 777. The number of ether oxygens (including phenoxy) is 2. The van der Waals surface area contributed by atoms with Gasteiger partial charge in [-0.05, 0) is 57.9 Å². The summed E-state index contributed by atoms with van der Waals surface area (Å²) in [4.78, 5) is 0. The monoisotopic (exact) mass is 410 g/mol. The summed E-state index contributed by atoms with van der Waals surface area (Å²) in [6, 6.07) is 10.9. The predicted octanol–water partition coefficient (Wildman–Crippen LogP) is 3.30. The fourth-order valence-corrected chi connectivity index (χ4v) is 2.70. The van der Waals surface area contributed by atoms with Gasteiger partial charge < -0.3 is 20.9 Å². The minimum absolute atomic E-state index is 0.101. The Hall–Kier alpha value is -2.25. The Labute approximate surface area is 153 Å². The summed E-state index contributed by atoms with van der Waals surface area (Å²) in [6.45, 7) is 0.313. The topological polar surface area (TPSA) is 95.2 Å². The van der Waals surface area contributed by atoms with E-state index in [4.69, 9.17) is 32.5 Å². The van der Waals surface area contributed by atoms with Gasteiger partial charge in [0.25, 0.3) is 0 Å². The molecule has 4 N–H and O–H groups in total. The van der Waals surface area contributed by atoms with Crippen LogP contribution in [-0.2, 0) is 6.61 Å². The summed E-state index contributed by atoms with van der Waals surface area (Å²) in [5.74, 6) is 1.29. The highest BCUT2D eigenvalue weighted by atomic mass is 79.9. The SMILES string of the molecule is COc1ccc(C=NN=C(N)N)cc1COc1ccc(Cl)cc1Br. The Morgan fingerprint density at radius 1 is 1.21 bits per heavy atom. The lowest BCUT2D eigenvalue weighted by atomic mass is 10.1. The van der Waals surface area contributed by atoms with Crippen LogP contribution < -0.4 is 20.9 Å². The molecule has 0 spiro atoms. The predicted molar refractivity (Wildman–Crippen MR) is 99.9 cm³/mol.